The number of hydrogen-bond acceptors (Lipinski definition) is 3. The Bertz CT molecular complexity index is 632. The molecule has 0 atom stereocenters. The SMILES string of the molecule is CCN(CC)CCNCc1ccc(-c2ccc(C(F)(F)F)cc2)cn1. The Hall–Kier alpha value is -1.92. The standard InChI is InChI=1S/C19H24F3N3/c1-3-25(4-2)12-11-23-14-18-10-7-16(13-24-18)15-5-8-17(9-6-15)19(20,21)22/h5-10,13,23H,3-4,11-12,14H2,1-2H3. The van der Waals surface area contributed by atoms with Gasteiger partial charge in [-0.1, -0.05) is 32.0 Å². The maximum atomic E-state index is 12.6. The second-order valence-corrected chi connectivity index (χ2v) is 5.82. The summed E-state index contributed by atoms with van der Waals surface area (Å²) >= 11 is 0. The molecule has 0 radical (unpaired) electrons. The molecule has 0 bridgehead atoms. The predicted molar refractivity (Wildman–Crippen MR) is 94.2 cm³/mol. The molecule has 0 fully saturated rings. The first kappa shape index (κ1) is 19.4. The number of rotatable bonds is 8. The molecule has 3 nitrogen and oxygen atoms in total. The van der Waals surface area contributed by atoms with Crippen molar-refractivity contribution < 1.29 is 13.2 Å². The second kappa shape index (κ2) is 8.97. The van der Waals surface area contributed by atoms with Gasteiger partial charge in [0.25, 0.3) is 0 Å². The minimum atomic E-state index is -4.31. The van der Waals surface area contributed by atoms with E-state index in [0.717, 1.165) is 55.1 Å². The van der Waals surface area contributed by atoms with Crippen molar-refractivity contribution in [3.63, 3.8) is 0 Å². The summed E-state index contributed by atoms with van der Waals surface area (Å²) < 4.78 is 37.8. The molecule has 1 aromatic heterocycles. The normalized spacial score (nSPS) is 11.9. The number of alkyl halides is 3. The molecule has 0 amide bonds. The molecule has 136 valence electrons. The zero-order chi connectivity index (χ0) is 18.3. The third kappa shape index (κ3) is 5.83. The quantitative estimate of drug-likeness (QED) is 0.723. The fourth-order valence-corrected chi connectivity index (χ4v) is 2.54. The highest BCUT2D eigenvalue weighted by molar-refractivity contribution is 5.62. The molecule has 25 heavy (non-hydrogen) atoms. The van der Waals surface area contributed by atoms with Crippen LogP contribution >= 0.6 is 0 Å². The molecule has 0 aliphatic heterocycles. The van der Waals surface area contributed by atoms with Crippen molar-refractivity contribution in [2.75, 3.05) is 26.2 Å². The van der Waals surface area contributed by atoms with Crippen LogP contribution in [0.2, 0.25) is 0 Å². The Balaban J connectivity index is 1.89. The zero-order valence-electron chi connectivity index (χ0n) is 14.6. The van der Waals surface area contributed by atoms with Crippen LogP contribution in [-0.4, -0.2) is 36.1 Å². The molecule has 0 aliphatic rings. The minimum Gasteiger partial charge on any atom is -0.310 e. The van der Waals surface area contributed by atoms with E-state index in [9.17, 15) is 13.2 Å². The van der Waals surface area contributed by atoms with Crippen molar-refractivity contribution in [1.82, 2.24) is 15.2 Å². The number of halogens is 3. The fraction of sp³-hybridized carbons (Fsp3) is 0.421. The van der Waals surface area contributed by atoms with Crippen molar-refractivity contribution in [3.05, 3.63) is 53.9 Å². The summed E-state index contributed by atoms with van der Waals surface area (Å²) in [4.78, 5) is 6.73. The van der Waals surface area contributed by atoms with Gasteiger partial charge in [0, 0.05) is 31.4 Å². The van der Waals surface area contributed by atoms with Crippen LogP contribution < -0.4 is 5.32 Å². The average molecular weight is 351 g/mol. The number of nitrogens with zero attached hydrogens (tertiary/aromatic N) is 2. The molecule has 0 aliphatic carbocycles. The van der Waals surface area contributed by atoms with Gasteiger partial charge in [-0.3, -0.25) is 4.98 Å². The highest BCUT2D eigenvalue weighted by atomic mass is 19.4. The molecule has 6 heteroatoms. The van der Waals surface area contributed by atoms with Crippen LogP contribution in [0.3, 0.4) is 0 Å². The van der Waals surface area contributed by atoms with Crippen molar-refractivity contribution in [2.24, 2.45) is 0 Å². The van der Waals surface area contributed by atoms with Gasteiger partial charge in [0.1, 0.15) is 0 Å². The van der Waals surface area contributed by atoms with Crippen LogP contribution in [0.1, 0.15) is 25.1 Å². The number of nitrogens with one attached hydrogen (secondary N) is 1. The van der Waals surface area contributed by atoms with Crippen LogP contribution in [0, 0.1) is 0 Å². The van der Waals surface area contributed by atoms with Crippen molar-refractivity contribution in [1.29, 1.82) is 0 Å². The molecule has 0 saturated heterocycles. The van der Waals surface area contributed by atoms with Gasteiger partial charge < -0.3 is 10.2 Å². The number of pyridine rings is 1. The molecular weight excluding hydrogens is 327 g/mol. The van der Waals surface area contributed by atoms with E-state index in [1.54, 1.807) is 6.20 Å². The lowest BCUT2D eigenvalue weighted by molar-refractivity contribution is -0.137. The summed E-state index contributed by atoms with van der Waals surface area (Å²) in [7, 11) is 0. The molecule has 1 aromatic carbocycles. The van der Waals surface area contributed by atoms with E-state index in [1.807, 2.05) is 12.1 Å². The van der Waals surface area contributed by atoms with E-state index in [-0.39, 0.29) is 0 Å². The van der Waals surface area contributed by atoms with Crippen LogP contribution in [0.15, 0.2) is 42.6 Å². The molecule has 0 saturated carbocycles. The maximum Gasteiger partial charge on any atom is 0.416 e. The van der Waals surface area contributed by atoms with Crippen LogP contribution in [0.5, 0.6) is 0 Å². The number of hydrogen-bond donors (Lipinski definition) is 1. The predicted octanol–water partition coefficient (Wildman–Crippen LogP) is 4.20. The lowest BCUT2D eigenvalue weighted by atomic mass is 10.1. The first-order valence-corrected chi connectivity index (χ1v) is 8.49. The van der Waals surface area contributed by atoms with Crippen LogP contribution in [0.25, 0.3) is 11.1 Å². The summed E-state index contributed by atoms with van der Waals surface area (Å²) in [6.45, 7) is 8.93. The highest BCUT2D eigenvalue weighted by Gasteiger charge is 2.29. The van der Waals surface area contributed by atoms with Crippen LogP contribution in [-0.2, 0) is 12.7 Å². The maximum absolute atomic E-state index is 12.6. The molecule has 2 rings (SSSR count). The van der Waals surface area contributed by atoms with E-state index in [1.165, 1.54) is 12.1 Å². The second-order valence-electron chi connectivity index (χ2n) is 5.82. The van der Waals surface area contributed by atoms with E-state index in [0.29, 0.717) is 6.54 Å². The third-order valence-corrected chi connectivity index (χ3v) is 4.18. The first-order valence-electron chi connectivity index (χ1n) is 8.49. The zero-order valence-corrected chi connectivity index (χ0v) is 14.6. The Morgan fingerprint density at radius 3 is 2.12 bits per heavy atom. The largest absolute Gasteiger partial charge is 0.416 e. The van der Waals surface area contributed by atoms with Crippen LogP contribution in [0.4, 0.5) is 13.2 Å². The topological polar surface area (TPSA) is 28.2 Å². The molecule has 1 heterocycles. The van der Waals surface area contributed by atoms with Gasteiger partial charge in [-0.2, -0.15) is 13.2 Å². The van der Waals surface area contributed by atoms with E-state index in [2.05, 4.69) is 29.0 Å². The highest BCUT2D eigenvalue weighted by Crippen LogP contribution is 2.30. The van der Waals surface area contributed by atoms with Gasteiger partial charge in [0.15, 0.2) is 0 Å². The molecule has 2 aromatic rings. The van der Waals surface area contributed by atoms with Gasteiger partial charge in [-0.05, 0) is 36.9 Å². The lowest BCUT2D eigenvalue weighted by Gasteiger charge is -2.17. The molecule has 1 N–H and O–H groups in total. The lowest BCUT2D eigenvalue weighted by Crippen LogP contribution is -2.31. The van der Waals surface area contributed by atoms with Gasteiger partial charge in [0.05, 0.1) is 11.3 Å². The summed E-state index contributed by atoms with van der Waals surface area (Å²) in [5.74, 6) is 0. The van der Waals surface area contributed by atoms with Gasteiger partial charge in [0.2, 0.25) is 0 Å². The van der Waals surface area contributed by atoms with E-state index < -0.39 is 11.7 Å². The Morgan fingerprint density at radius 1 is 0.960 bits per heavy atom. The Kier molecular flexibility index (Phi) is 6.96. The summed E-state index contributed by atoms with van der Waals surface area (Å²) in [6, 6.07) is 8.92. The smallest absolute Gasteiger partial charge is 0.310 e. The number of benzene rings is 1. The van der Waals surface area contributed by atoms with Crippen molar-refractivity contribution >= 4 is 0 Å². The van der Waals surface area contributed by atoms with Gasteiger partial charge in [-0.15, -0.1) is 0 Å². The Labute approximate surface area is 146 Å². The molecular formula is C19H24F3N3. The minimum absolute atomic E-state index is 0.641. The van der Waals surface area contributed by atoms with E-state index in [4.69, 9.17) is 0 Å². The average Bonchev–Trinajstić information content (AvgIpc) is 2.62. The summed E-state index contributed by atoms with van der Waals surface area (Å²) in [6.07, 6.45) is -2.61. The third-order valence-electron chi connectivity index (χ3n) is 4.18. The van der Waals surface area contributed by atoms with Gasteiger partial charge >= 0.3 is 6.18 Å². The fourth-order valence-electron chi connectivity index (χ4n) is 2.54. The van der Waals surface area contributed by atoms with Crippen molar-refractivity contribution in [2.45, 2.75) is 26.6 Å². The summed E-state index contributed by atoms with van der Waals surface area (Å²) in [5.41, 5.74) is 1.80. The Morgan fingerprint density at radius 2 is 1.60 bits per heavy atom. The van der Waals surface area contributed by atoms with Gasteiger partial charge in [-0.25, -0.2) is 0 Å². The van der Waals surface area contributed by atoms with Crippen molar-refractivity contribution in [3.8, 4) is 11.1 Å². The molecule has 0 unspecified atom stereocenters. The monoisotopic (exact) mass is 351 g/mol. The summed E-state index contributed by atoms with van der Waals surface area (Å²) in [5, 5.41) is 3.35. The van der Waals surface area contributed by atoms with E-state index >= 15 is 0 Å². The first-order chi connectivity index (χ1) is 11.9. The molecule has 0 spiro atoms. The number of aromatic nitrogens is 1. The number of likely N-dealkylation sites (N-methyl/N-ethyl adjacent to an activating group) is 1.